The quantitative estimate of drug-likeness (QED) is 0.708. The summed E-state index contributed by atoms with van der Waals surface area (Å²) in [6, 6.07) is 7.38. The zero-order valence-corrected chi connectivity index (χ0v) is 18.1. The summed E-state index contributed by atoms with van der Waals surface area (Å²) in [5.74, 6) is 0.0510. The third-order valence-corrected chi connectivity index (χ3v) is 6.16. The molecule has 0 aliphatic carbocycles. The molecule has 0 unspecified atom stereocenters. The first-order valence-corrected chi connectivity index (χ1v) is 10.8. The van der Waals surface area contributed by atoms with E-state index in [4.69, 9.17) is 9.47 Å². The van der Waals surface area contributed by atoms with Crippen LogP contribution >= 0.6 is 0 Å². The van der Waals surface area contributed by atoms with Crippen molar-refractivity contribution in [3.05, 3.63) is 24.3 Å². The normalized spacial score (nSPS) is 27.7. The molecule has 3 aliphatic rings. The van der Waals surface area contributed by atoms with Gasteiger partial charge in [0.05, 0.1) is 11.6 Å². The Morgan fingerprint density at radius 3 is 2.67 bits per heavy atom. The van der Waals surface area contributed by atoms with E-state index in [0.717, 1.165) is 12.8 Å². The van der Waals surface area contributed by atoms with E-state index in [1.54, 1.807) is 11.8 Å². The largest absolute Gasteiger partial charge is 0.479 e. The zero-order chi connectivity index (χ0) is 21.6. The molecule has 0 saturated carbocycles. The highest BCUT2D eigenvalue weighted by Crippen LogP contribution is 2.43. The van der Waals surface area contributed by atoms with E-state index in [9.17, 15) is 14.4 Å². The molecular formula is C23H30N2O5. The molecule has 0 spiro atoms. The van der Waals surface area contributed by atoms with Gasteiger partial charge in [0.2, 0.25) is 5.91 Å². The van der Waals surface area contributed by atoms with Crippen molar-refractivity contribution in [2.24, 2.45) is 5.92 Å². The number of carbonyl (C=O) groups excluding carboxylic acids is 3. The van der Waals surface area contributed by atoms with Crippen molar-refractivity contribution < 1.29 is 23.9 Å². The van der Waals surface area contributed by atoms with Gasteiger partial charge in [0.25, 0.3) is 5.91 Å². The minimum absolute atomic E-state index is 0.00187. The van der Waals surface area contributed by atoms with Crippen LogP contribution in [0.2, 0.25) is 0 Å². The van der Waals surface area contributed by atoms with Crippen LogP contribution < -0.4 is 9.64 Å². The maximum absolute atomic E-state index is 13.1. The lowest BCUT2D eigenvalue weighted by molar-refractivity contribution is -0.161. The Kier molecular flexibility index (Phi) is 5.24. The monoisotopic (exact) mass is 414 g/mol. The van der Waals surface area contributed by atoms with E-state index in [1.165, 1.54) is 0 Å². The third kappa shape index (κ3) is 3.77. The maximum Gasteiger partial charge on any atom is 0.311 e. The topological polar surface area (TPSA) is 76.2 Å². The molecule has 7 nitrogen and oxygen atoms in total. The smallest absolute Gasteiger partial charge is 0.311 e. The molecular weight excluding hydrogens is 384 g/mol. The number of hydrogen-bond donors (Lipinski definition) is 0. The van der Waals surface area contributed by atoms with Crippen LogP contribution in [0, 0.1) is 5.92 Å². The number of benzene rings is 1. The minimum atomic E-state index is -0.575. The van der Waals surface area contributed by atoms with Crippen molar-refractivity contribution >= 4 is 23.5 Å². The minimum Gasteiger partial charge on any atom is -0.479 e. The molecule has 4 rings (SSSR count). The summed E-state index contributed by atoms with van der Waals surface area (Å²) < 4.78 is 11.2. The average molecular weight is 415 g/mol. The van der Waals surface area contributed by atoms with Gasteiger partial charge >= 0.3 is 5.97 Å². The van der Waals surface area contributed by atoms with Gasteiger partial charge < -0.3 is 19.3 Å². The van der Waals surface area contributed by atoms with Crippen LogP contribution in [0.15, 0.2) is 24.3 Å². The maximum atomic E-state index is 13.1. The van der Waals surface area contributed by atoms with Crippen molar-refractivity contribution in [1.29, 1.82) is 0 Å². The Hall–Kier alpha value is -2.57. The summed E-state index contributed by atoms with van der Waals surface area (Å²) in [7, 11) is 0. The fourth-order valence-electron chi connectivity index (χ4n) is 4.93. The summed E-state index contributed by atoms with van der Waals surface area (Å²) in [5.41, 5.74) is 0.165. The molecule has 1 aromatic carbocycles. The molecule has 2 fully saturated rings. The van der Waals surface area contributed by atoms with Crippen molar-refractivity contribution in [2.75, 3.05) is 11.4 Å². The molecule has 30 heavy (non-hydrogen) atoms. The fourth-order valence-corrected chi connectivity index (χ4v) is 4.93. The Morgan fingerprint density at radius 2 is 1.93 bits per heavy atom. The second-order valence-electron chi connectivity index (χ2n) is 9.44. The molecule has 162 valence electrons. The van der Waals surface area contributed by atoms with Gasteiger partial charge in [-0.2, -0.15) is 0 Å². The van der Waals surface area contributed by atoms with E-state index in [2.05, 4.69) is 0 Å². The average Bonchev–Trinajstić information content (AvgIpc) is 3.25. The molecule has 1 aromatic rings. The lowest BCUT2D eigenvalue weighted by atomic mass is 9.89. The number of carbonyl (C=O) groups is 3. The molecule has 0 aromatic heterocycles. The molecule has 0 radical (unpaired) electrons. The lowest BCUT2D eigenvalue weighted by Gasteiger charge is -2.33. The Morgan fingerprint density at radius 1 is 1.20 bits per heavy atom. The number of anilines is 1. The zero-order valence-electron chi connectivity index (χ0n) is 18.1. The second-order valence-corrected chi connectivity index (χ2v) is 9.44. The predicted octanol–water partition coefficient (Wildman–Crippen LogP) is 2.91. The van der Waals surface area contributed by atoms with E-state index < -0.39 is 11.7 Å². The van der Waals surface area contributed by atoms with Gasteiger partial charge in [-0.05, 0) is 59.1 Å². The third-order valence-electron chi connectivity index (χ3n) is 6.16. The number of nitrogens with zero attached hydrogens (tertiary/aromatic N) is 2. The van der Waals surface area contributed by atoms with Crippen LogP contribution in [0.1, 0.15) is 53.4 Å². The summed E-state index contributed by atoms with van der Waals surface area (Å²) in [4.78, 5) is 41.9. The summed E-state index contributed by atoms with van der Waals surface area (Å²) in [6.07, 6.45) is 2.07. The van der Waals surface area contributed by atoms with E-state index in [0.29, 0.717) is 24.4 Å². The van der Waals surface area contributed by atoms with E-state index in [1.807, 2.05) is 49.9 Å². The van der Waals surface area contributed by atoms with Gasteiger partial charge in [-0.15, -0.1) is 0 Å². The number of rotatable bonds is 4. The molecule has 2 bridgehead atoms. The number of amides is 2. The molecule has 0 N–H and O–H groups in total. The van der Waals surface area contributed by atoms with Gasteiger partial charge in [0.1, 0.15) is 11.4 Å². The molecule has 4 atom stereocenters. The van der Waals surface area contributed by atoms with Crippen molar-refractivity contribution in [3.63, 3.8) is 0 Å². The van der Waals surface area contributed by atoms with Gasteiger partial charge in [-0.1, -0.05) is 12.1 Å². The Balaban J connectivity index is 1.43. The van der Waals surface area contributed by atoms with Crippen LogP contribution in [0.5, 0.6) is 5.75 Å². The molecule has 2 saturated heterocycles. The molecule has 3 heterocycles. The predicted molar refractivity (Wildman–Crippen MR) is 111 cm³/mol. The van der Waals surface area contributed by atoms with E-state index >= 15 is 0 Å². The molecule has 2 amide bonds. The second kappa shape index (κ2) is 7.60. The number of ether oxygens (including phenoxy) is 2. The summed E-state index contributed by atoms with van der Waals surface area (Å²) in [6.45, 7) is 7.60. The van der Waals surface area contributed by atoms with Crippen LogP contribution in [-0.4, -0.2) is 53.0 Å². The van der Waals surface area contributed by atoms with E-state index in [-0.39, 0.29) is 42.2 Å². The van der Waals surface area contributed by atoms with Crippen LogP contribution in [0.3, 0.4) is 0 Å². The van der Waals surface area contributed by atoms with Gasteiger partial charge in [0.15, 0.2) is 6.10 Å². The number of esters is 1. The Bertz CT molecular complexity index is 861. The highest BCUT2D eigenvalue weighted by molar-refractivity contribution is 6.00. The Labute approximate surface area is 177 Å². The lowest BCUT2D eigenvalue weighted by Crippen LogP contribution is -2.46. The van der Waals surface area contributed by atoms with Crippen LogP contribution in [-0.2, 0) is 19.1 Å². The first-order valence-electron chi connectivity index (χ1n) is 10.8. The number of hydrogen-bond acceptors (Lipinski definition) is 5. The van der Waals surface area contributed by atoms with Crippen molar-refractivity contribution in [3.8, 4) is 5.75 Å². The van der Waals surface area contributed by atoms with Gasteiger partial charge in [-0.25, -0.2) is 0 Å². The SMILES string of the molecule is C[C@@H]1Oc2ccccc2N(CCC(=O)N2[C@H]3CC[C@H]2[C@H](C(=O)OC(C)(C)C)C3)C1=O. The highest BCUT2D eigenvalue weighted by Gasteiger charge is 2.52. The van der Waals surface area contributed by atoms with Crippen LogP contribution in [0.25, 0.3) is 0 Å². The number of fused-ring (bicyclic) bond motifs is 3. The van der Waals surface area contributed by atoms with Crippen LogP contribution in [0.4, 0.5) is 5.69 Å². The van der Waals surface area contributed by atoms with Crippen molar-refractivity contribution in [1.82, 2.24) is 4.90 Å². The fraction of sp³-hybridized carbons (Fsp3) is 0.609. The standard InChI is InChI=1S/C23H30N2O5/c1-14-21(27)24(18-7-5-6-8-19(18)29-14)12-11-20(26)25-15-9-10-17(25)16(13-15)22(28)30-23(2,3)4/h5-8,14-17H,9-13H2,1-4H3/t14-,15-,16+,17-/m0/s1. The first kappa shape index (κ1) is 20.7. The highest BCUT2D eigenvalue weighted by atomic mass is 16.6. The summed E-state index contributed by atoms with van der Waals surface area (Å²) in [5, 5.41) is 0. The summed E-state index contributed by atoms with van der Waals surface area (Å²) >= 11 is 0. The van der Waals surface area contributed by atoms with Gasteiger partial charge in [0, 0.05) is 25.0 Å². The first-order chi connectivity index (χ1) is 14.2. The molecule has 7 heteroatoms. The molecule has 3 aliphatic heterocycles. The van der Waals surface area contributed by atoms with Crippen molar-refractivity contribution in [2.45, 2.75) is 77.2 Å². The van der Waals surface area contributed by atoms with Gasteiger partial charge in [-0.3, -0.25) is 14.4 Å². The number of para-hydroxylation sites is 2.